The van der Waals surface area contributed by atoms with Crippen LogP contribution in [0.2, 0.25) is 0 Å². The first-order chi connectivity index (χ1) is 16.9. The van der Waals surface area contributed by atoms with E-state index in [0.29, 0.717) is 12.8 Å². The van der Waals surface area contributed by atoms with E-state index in [2.05, 4.69) is 34.9 Å². The number of hydrogen-bond donors (Lipinski definition) is 3. The number of carboxylic acids is 1. The number of carboxylic acid groups (broad SMARTS) is 1. The Labute approximate surface area is 207 Å². The van der Waals surface area contributed by atoms with Crippen LogP contribution in [0.1, 0.15) is 69.4 Å². The van der Waals surface area contributed by atoms with Crippen LogP contribution in [0.25, 0.3) is 11.1 Å². The highest BCUT2D eigenvalue weighted by atomic mass is 16.5. The molecule has 0 saturated carbocycles. The Morgan fingerprint density at radius 3 is 2.14 bits per heavy atom. The van der Waals surface area contributed by atoms with Gasteiger partial charge in [0.2, 0.25) is 5.91 Å². The molecular formula is C28H36N2O5. The number of rotatable bonds is 13. The van der Waals surface area contributed by atoms with Gasteiger partial charge >= 0.3 is 12.1 Å². The number of amides is 2. The van der Waals surface area contributed by atoms with Crippen molar-refractivity contribution < 1.29 is 24.2 Å². The lowest BCUT2D eigenvalue weighted by Gasteiger charge is -2.20. The van der Waals surface area contributed by atoms with Gasteiger partial charge in [0.05, 0.1) is 5.92 Å². The fourth-order valence-electron chi connectivity index (χ4n) is 4.68. The van der Waals surface area contributed by atoms with E-state index in [1.54, 1.807) is 0 Å². The maximum atomic E-state index is 12.7. The molecule has 2 amide bonds. The lowest BCUT2D eigenvalue weighted by Crippen LogP contribution is -2.41. The van der Waals surface area contributed by atoms with Crippen LogP contribution in [0.15, 0.2) is 48.5 Å². The SMILES string of the molecule is CCCC[C@H](CC(=O)NCC(CCC)C(=O)O)NC(=O)OCC1c2ccccc2-c2ccccc21. The summed E-state index contributed by atoms with van der Waals surface area (Å²) in [4.78, 5) is 36.5. The highest BCUT2D eigenvalue weighted by Crippen LogP contribution is 2.44. The quantitative estimate of drug-likeness (QED) is 0.370. The average Bonchev–Trinajstić information content (AvgIpc) is 3.17. The third kappa shape index (κ3) is 7.07. The van der Waals surface area contributed by atoms with E-state index in [4.69, 9.17) is 4.74 Å². The van der Waals surface area contributed by atoms with Crippen molar-refractivity contribution in [1.29, 1.82) is 0 Å². The summed E-state index contributed by atoms with van der Waals surface area (Å²) >= 11 is 0. The molecule has 0 radical (unpaired) electrons. The first-order valence-electron chi connectivity index (χ1n) is 12.6. The van der Waals surface area contributed by atoms with Gasteiger partial charge in [0.15, 0.2) is 0 Å². The number of nitrogens with one attached hydrogen (secondary N) is 2. The molecule has 2 aromatic rings. The fraction of sp³-hybridized carbons (Fsp3) is 0.464. The molecule has 1 aliphatic rings. The van der Waals surface area contributed by atoms with Gasteiger partial charge in [0.25, 0.3) is 0 Å². The molecule has 0 spiro atoms. The molecule has 2 aromatic carbocycles. The van der Waals surface area contributed by atoms with E-state index in [0.717, 1.165) is 41.5 Å². The predicted octanol–water partition coefficient (Wildman–Crippen LogP) is 5.09. The molecule has 1 unspecified atom stereocenters. The zero-order valence-electron chi connectivity index (χ0n) is 20.6. The Balaban J connectivity index is 1.56. The molecule has 35 heavy (non-hydrogen) atoms. The van der Waals surface area contributed by atoms with E-state index < -0.39 is 18.0 Å². The molecule has 0 fully saturated rings. The fourth-order valence-corrected chi connectivity index (χ4v) is 4.68. The largest absolute Gasteiger partial charge is 0.481 e. The van der Waals surface area contributed by atoms with Crippen LogP contribution in [-0.2, 0) is 14.3 Å². The molecule has 7 nitrogen and oxygen atoms in total. The number of aliphatic carboxylic acids is 1. The van der Waals surface area contributed by atoms with Crippen molar-refractivity contribution in [1.82, 2.24) is 10.6 Å². The van der Waals surface area contributed by atoms with Gasteiger partial charge in [-0.05, 0) is 35.1 Å². The molecule has 0 heterocycles. The van der Waals surface area contributed by atoms with Gasteiger partial charge in [0.1, 0.15) is 6.61 Å². The summed E-state index contributed by atoms with van der Waals surface area (Å²) in [5.41, 5.74) is 4.61. The van der Waals surface area contributed by atoms with Crippen molar-refractivity contribution in [2.75, 3.05) is 13.2 Å². The van der Waals surface area contributed by atoms with Crippen LogP contribution in [0.4, 0.5) is 4.79 Å². The van der Waals surface area contributed by atoms with Gasteiger partial charge in [-0.25, -0.2) is 4.79 Å². The van der Waals surface area contributed by atoms with Crippen LogP contribution in [-0.4, -0.2) is 42.3 Å². The monoisotopic (exact) mass is 480 g/mol. The van der Waals surface area contributed by atoms with Gasteiger partial charge in [-0.15, -0.1) is 0 Å². The maximum Gasteiger partial charge on any atom is 0.407 e. The van der Waals surface area contributed by atoms with Crippen molar-refractivity contribution in [3.63, 3.8) is 0 Å². The summed E-state index contributed by atoms with van der Waals surface area (Å²) in [5, 5.41) is 14.8. The maximum absolute atomic E-state index is 12.7. The second-order valence-electron chi connectivity index (χ2n) is 9.14. The molecule has 3 rings (SSSR count). The number of ether oxygens (including phenoxy) is 1. The number of unbranched alkanes of at least 4 members (excludes halogenated alkanes) is 1. The van der Waals surface area contributed by atoms with E-state index in [1.165, 1.54) is 0 Å². The molecule has 0 aromatic heterocycles. The predicted molar refractivity (Wildman–Crippen MR) is 135 cm³/mol. The van der Waals surface area contributed by atoms with Gasteiger partial charge in [0, 0.05) is 24.9 Å². The zero-order chi connectivity index (χ0) is 25.2. The molecular weight excluding hydrogens is 444 g/mol. The highest BCUT2D eigenvalue weighted by Gasteiger charge is 2.29. The Kier molecular flexibility index (Phi) is 9.70. The second kappa shape index (κ2) is 12.9. The number of carbonyl (C=O) groups is 3. The van der Waals surface area contributed by atoms with Gasteiger partial charge < -0.3 is 20.5 Å². The first-order valence-corrected chi connectivity index (χ1v) is 12.6. The summed E-state index contributed by atoms with van der Waals surface area (Å²) in [6.45, 7) is 4.26. The Bertz CT molecular complexity index is 976. The van der Waals surface area contributed by atoms with Crippen LogP contribution in [0.5, 0.6) is 0 Å². The summed E-state index contributed by atoms with van der Waals surface area (Å²) < 4.78 is 5.63. The third-order valence-electron chi connectivity index (χ3n) is 6.54. The average molecular weight is 481 g/mol. The topological polar surface area (TPSA) is 105 Å². The summed E-state index contributed by atoms with van der Waals surface area (Å²) in [5.74, 6) is -1.82. The summed E-state index contributed by atoms with van der Waals surface area (Å²) in [6, 6.07) is 15.9. The van der Waals surface area contributed by atoms with Crippen molar-refractivity contribution in [2.45, 2.75) is 64.3 Å². The molecule has 188 valence electrons. The molecule has 1 aliphatic carbocycles. The van der Waals surface area contributed by atoms with Gasteiger partial charge in [-0.3, -0.25) is 9.59 Å². The first kappa shape index (κ1) is 26.3. The van der Waals surface area contributed by atoms with Crippen molar-refractivity contribution in [3.05, 3.63) is 59.7 Å². The number of hydrogen-bond acceptors (Lipinski definition) is 4. The normalized spacial score (nSPS) is 13.9. The third-order valence-corrected chi connectivity index (χ3v) is 6.54. The smallest absolute Gasteiger partial charge is 0.407 e. The standard InChI is InChI=1S/C28H36N2O5/c1-3-5-11-20(16-26(31)29-17-19(10-4-2)27(32)33)30-28(34)35-18-25-23-14-8-6-12-21(23)22-13-7-9-15-24(22)25/h6-9,12-15,19-20,25H,3-5,10-11,16-18H2,1-2H3,(H,29,31)(H,30,34)(H,32,33)/t19?,20-/m1/s1. The minimum Gasteiger partial charge on any atom is -0.481 e. The van der Waals surface area contributed by atoms with E-state index in [1.807, 2.05) is 38.1 Å². The van der Waals surface area contributed by atoms with Gasteiger partial charge in [-0.2, -0.15) is 0 Å². The molecule has 2 atom stereocenters. The highest BCUT2D eigenvalue weighted by molar-refractivity contribution is 5.80. The van der Waals surface area contributed by atoms with Crippen molar-refractivity contribution >= 4 is 18.0 Å². The molecule has 0 aliphatic heterocycles. The Hall–Kier alpha value is -3.35. The minimum atomic E-state index is -0.911. The molecule has 3 N–H and O–H groups in total. The van der Waals surface area contributed by atoms with Crippen LogP contribution in [0, 0.1) is 5.92 Å². The van der Waals surface area contributed by atoms with Crippen LogP contribution >= 0.6 is 0 Å². The minimum absolute atomic E-state index is 0.0305. The Morgan fingerprint density at radius 2 is 1.57 bits per heavy atom. The lowest BCUT2D eigenvalue weighted by atomic mass is 9.98. The zero-order valence-corrected chi connectivity index (χ0v) is 20.6. The number of fused-ring (bicyclic) bond motifs is 3. The van der Waals surface area contributed by atoms with Gasteiger partial charge in [-0.1, -0.05) is 81.6 Å². The number of carbonyl (C=O) groups excluding carboxylic acids is 2. The van der Waals surface area contributed by atoms with E-state index >= 15 is 0 Å². The van der Waals surface area contributed by atoms with E-state index in [9.17, 15) is 19.5 Å². The number of benzene rings is 2. The summed E-state index contributed by atoms with van der Waals surface area (Å²) in [6.07, 6.45) is 3.21. The summed E-state index contributed by atoms with van der Waals surface area (Å²) in [7, 11) is 0. The number of alkyl carbamates (subject to hydrolysis) is 1. The van der Waals surface area contributed by atoms with Crippen molar-refractivity contribution in [3.8, 4) is 11.1 Å². The Morgan fingerprint density at radius 1 is 0.943 bits per heavy atom. The molecule has 0 saturated heterocycles. The molecule has 7 heteroatoms. The molecule has 0 bridgehead atoms. The second-order valence-corrected chi connectivity index (χ2v) is 9.14. The van der Waals surface area contributed by atoms with Crippen LogP contribution < -0.4 is 10.6 Å². The lowest BCUT2D eigenvalue weighted by molar-refractivity contribution is -0.141. The van der Waals surface area contributed by atoms with Crippen LogP contribution in [0.3, 0.4) is 0 Å². The van der Waals surface area contributed by atoms with E-state index in [-0.39, 0.29) is 37.4 Å². The van der Waals surface area contributed by atoms with Crippen molar-refractivity contribution in [2.24, 2.45) is 5.92 Å².